The van der Waals surface area contributed by atoms with Crippen molar-refractivity contribution in [2.75, 3.05) is 7.11 Å². The number of esters is 1. The van der Waals surface area contributed by atoms with Crippen LogP contribution in [0.3, 0.4) is 0 Å². The summed E-state index contributed by atoms with van der Waals surface area (Å²) in [4.78, 5) is 24.1. The fourth-order valence-corrected chi connectivity index (χ4v) is 2.68. The number of hydrogen-bond acceptors (Lipinski definition) is 3. The Balaban J connectivity index is 2.22. The predicted molar refractivity (Wildman–Crippen MR) is 76.3 cm³/mol. The third kappa shape index (κ3) is 2.77. The number of benzene rings is 1. The van der Waals surface area contributed by atoms with E-state index in [1.807, 2.05) is 12.1 Å². The Morgan fingerprint density at radius 1 is 1.33 bits per heavy atom. The van der Waals surface area contributed by atoms with Crippen molar-refractivity contribution in [1.29, 1.82) is 0 Å². The number of hydrogen-bond donors (Lipinski definition) is 1. The third-order valence-corrected chi connectivity index (χ3v) is 3.95. The Labute approximate surface area is 123 Å². The number of nitrogens with one attached hydrogen (secondary N) is 1. The topological polar surface area (TPSA) is 55.4 Å². The van der Waals surface area contributed by atoms with Gasteiger partial charge in [-0.05, 0) is 24.3 Å². The van der Waals surface area contributed by atoms with E-state index < -0.39 is 23.6 Å². The van der Waals surface area contributed by atoms with Gasteiger partial charge in [-0.25, -0.2) is 9.18 Å². The van der Waals surface area contributed by atoms with Crippen LogP contribution in [0.25, 0.3) is 0 Å². The molecule has 0 saturated carbocycles. The molecule has 114 valence electrons. The first kappa shape index (κ1) is 15.5. The molecular weight excluding hydrogens is 273 g/mol. The highest BCUT2D eigenvalue weighted by Gasteiger charge is 2.47. The van der Waals surface area contributed by atoms with Crippen molar-refractivity contribution in [3.8, 4) is 0 Å². The third-order valence-electron chi connectivity index (χ3n) is 3.95. The molecular formula is C16H20FNO3. The average molecular weight is 293 g/mol. The first-order valence-corrected chi connectivity index (χ1v) is 7.06. The lowest BCUT2D eigenvalue weighted by molar-refractivity contribution is -0.148. The molecule has 0 aromatic heterocycles. The number of carbonyl (C=O) groups excluding carboxylic acids is 2. The summed E-state index contributed by atoms with van der Waals surface area (Å²) in [5.41, 5.74) is -0.832. The van der Waals surface area contributed by atoms with Crippen molar-refractivity contribution in [3.63, 3.8) is 0 Å². The van der Waals surface area contributed by atoms with Gasteiger partial charge in [0.15, 0.2) is 0 Å². The zero-order valence-corrected chi connectivity index (χ0v) is 12.5. The molecule has 1 aromatic carbocycles. The Morgan fingerprint density at radius 2 is 2.00 bits per heavy atom. The van der Waals surface area contributed by atoms with Gasteiger partial charge in [0.1, 0.15) is 6.04 Å². The van der Waals surface area contributed by atoms with Crippen molar-refractivity contribution in [2.24, 2.45) is 5.92 Å². The zero-order valence-electron chi connectivity index (χ0n) is 12.5. The van der Waals surface area contributed by atoms with Crippen LogP contribution in [-0.4, -0.2) is 25.0 Å². The van der Waals surface area contributed by atoms with E-state index in [4.69, 9.17) is 0 Å². The van der Waals surface area contributed by atoms with E-state index in [1.54, 1.807) is 26.0 Å². The summed E-state index contributed by atoms with van der Waals surface area (Å²) in [5, 5.41) is 2.50. The van der Waals surface area contributed by atoms with Crippen LogP contribution in [0.2, 0.25) is 0 Å². The van der Waals surface area contributed by atoms with Gasteiger partial charge in [0, 0.05) is 5.56 Å². The molecule has 21 heavy (non-hydrogen) atoms. The molecule has 1 N–H and O–H groups in total. The summed E-state index contributed by atoms with van der Waals surface area (Å²) in [7, 11) is 1.25. The first-order valence-electron chi connectivity index (χ1n) is 7.06. The van der Waals surface area contributed by atoms with Gasteiger partial charge in [-0.15, -0.1) is 0 Å². The van der Waals surface area contributed by atoms with Crippen LogP contribution in [0.4, 0.5) is 4.39 Å². The van der Waals surface area contributed by atoms with Crippen molar-refractivity contribution >= 4 is 11.9 Å². The van der Waals surface area contributed by atoms with Crippen LogP contribution >= 0.6 is 0 Å². The molecule has 0 spiro atoms. The molecule has 0 radical (unpaired) electrons. The van der Waals surface area contributed by atoms with Crippen molar-refractivity contribution in [2.45, 2.75) is 38.4 Å². The number of amides is 1. The maximum Gasteiger partial charge on any atom is 0.328 e. The quantitative estimate of drug-likeness (QED) is 0.865. The molecule has 0 aliphatic heterocycles. The summed E-state index contributed by atoms with van der Waals surface area (Å²) in [5.74, 6) is -1.51. The maximum atomic E-state index is 15.1. The van der Waals surface area contributed by atoms with E-state index in [0.717, 1.165) is 5.56 Å². The fourth-order valence-electron chi connectivity index (χ4n) is 2.68. The molecule has 1 amide bonds. The van der Waals surface area contributed by atoms with Crippen molar-refractivity contribution < 1.29 is 18.7 Å². The Morgan fingerprint density at radius 3 is 2.62 bits per heavy atom. The number of methoxy groups -OCH3 is 1. The van der Waals surface area contributed by atoms with E-state index >= 15 is 4.39 Å². The van der Waals surface area contributed by atoms with Gasteiger partial charge in [0.05, 0.1) is 7.11 Å². The predicted octanol–water partition coefficient (Wildman–Crippen LogP) is 2.11. The lowest BCUT2D eigenvalue weighted by Gasteiger charge is -2.25. The van der Waals surface area contributed by atoms with Gasteiger partial charge in [-0.3, -0.25) is 4.79 Å². The Hall–Kier alpha value is -1.91. The number of fused-ring (bicyclic) bond motifs is 1. The smallest absolute Gasteiger partial charge is 0.328 e. The van der Waals surface area contributed by atoms with Gasteiger partial charge < -0.3 is 10.1 Å². The monoisotopic (exact) mass is 293 g/mol. The SMILES string of the molecule is COC(=O)[C@@H](NC(=O)C1(F)CCc2ccccc21)C(C)C. The van der Waals surface area contributed by atoms with Gasteiger partial charge in [0.25, 0.3) is 5.91 Å². The molecule has 1 unspecified atom stereocenters. The highest BCUT2D eigenvalue weighted by atomic mass is 19.1. The molecule has 1 aliphatic carbocycles. The summed E-state index contributed by atoms with van der Waals surface area (Å²) in [6, 6.07) is 6.15. The maximum absolute atomic E-state index is 15.1. The van der Waals surface area contributed by atoms with Crippen LogP contribution < -0.4 is 5.32 Å². The van der Waals surface area contributed by atoms with Gasteiger partial charge in [-0.2, -0.15) is 0 Å². The Bertz CT molecular complexity index is 558. The second kappa shape index (κ2) is 5.84. The summed E-state index contributed by atoms with van der Waals surface area (Å²) in [6.45, 7) is 3.55. The van der Waals surface area contributed by atoms with E-state index in [-0.39, 0.29) is 12.3 Å². The molecule has 5 heteroatoms. The summed E-state index contributed by atoms with van der Waals surface area (Å²) >= 11 is 0. The van der Waals surface area contributed by atoms with Crippen molar-refractivity contribution in [3.05, 3.63) is 35.4 Å². The number of halogens is 1. The molecule has 0 heterocycles. The molecule has 1 aliphatic rings. The molecule has 2 rings (SSSR count). The van der Waals surface area contributed by atoms with Crippen LogP contribution in [0, 0.1) is 5.92 Å². The average Bonchev–Trinajstić information content (AvgIpc) is 2.82. The minimum Gasteiger partial charge on any atom is -0.467 e. The minimum absolute atomic E-state index is 0.101. The summed E-state index contributed by atoms with van der Waals surface area (Å²) in [6.07, 6.45) is 0.620. The molecule has 1 aromatic rings. The highest BCUT2D eigenvalue weighted by Crippen LogP contribution is 2.40. The zero-order chi connectivity index (χ0) is 15.6. The van der Waals surface area contributed by atoms with Crippen molar-refractivity contribution in [1.82, 2.24) is 5.32 Å². The van der Waals surface area contributed by atoms with Gasteiger partial charge in [-0.1, -0.05) is 38.1 Å². The van der Waals surface area contributed by atoms with Crippen LogP contribution in [0.5, 0.6) is 0 Å². The second-order valence-electron chi connectivity index (χ2n) is 5.68. The van der Waals surface area contributed by atoms with E-state index in [0.29, 0.717) is 12.0 Å². The van der Waals surface area contributed by atoms with Gasteiger partial charge in [0.2, 0.25) is 5.67 Å². The lowest BCUT2D eigenvalue weighted by Crippen LogP contribution is -2.50. The second-order valence-corrected chi connectivity index (χ2v) is 5.68. The fraction of sp³-hybridized carbons (Fsp3) is 0.500. The van der Waals surface area contributed by atoms with Gasteiger partial charge >= 0.3 is 5.97 Å². The number of ether oxygens (including phenoxy) is 1. The van der Waals surface area contributed by atoms with E-state index in [1.165, 1.54) is 7.11 Å². The molecule has 0 fully saturated rings. The molecule has 0 saturated heterocycles. The van der Waals surface area contributed by atoms with Crippen LogP contribution in [0.15, 0.2) is 24.3 Å². The van der Waals surface area contributed by atoms with E-state index in [2.05, 4.69) is 10.1 Å². The number of alkyl halides is 1. The van der Waals surface area contributed by atoms with E-state index in [9.17, 15) is 9.59 Å². The largest absolute Gasteiger partial charge is 0.467 e. The van der Waals surface area contributed by atoms with Crippen LogP contribution in [-0.2, 0) is 26.4 Å². The highest BCUT2D eigenvalue weighted by molar-refractivity contribution is 5.91. The normalized spacial score (nSPS) is 21.8. The number of rotatable bonds is 4. The first-order chi connectivity index (χ1) is 9.90. The number of carbonyl (C=O) groups is 2. The molecule has 2 atom stereocenters. The van der Waals surface area contributed by atoms with Crippen LogP contribution in [0.1, 0.15) is 31.4 Å². The number of aryl methyl sites for hydroxylation is 1. The Kier molecular flexibility index (Phi) is 4.30. The summed E-state index contributed by atoms with van der Waals surface area (Å²) < 4.78 is 19.8. The minimum atomic E-state index is -2.07. The molecule has 4 nitrogen and oxygen atoms in total. The standard InChI is InChI=1S/C16H20FNO3/c1-10(2)13(14(19)21-3)18-15(20)16(17)9-8-11-6-4-5-7-12(11)16/h4-7,10,13H,8-9H2,1-3H3,(H,18,20)/t13-,16?/m0/s1. The molecule has 0 bridgehead atoms. The lowest BCUT2D eigenvalue weighted by atomic mass is 9.95.